The van der Waals surface area contributed by atoms with Gasteiger partial charge in [-0.3, -0.25) is 9.59 Å². The molecule has 27 heavy (non-hydrogen) atoms. The molecule has 1 aliphatic rings. The number of likely N-dealkylation sites (tertiary alicyclic amines) is 1. The summed E-state index contributed by atoms with van der Waals surface area (Å²) < 4.78 is 5.64. The fourth-order valence-electron chi connectivity index (χ4n) is 3.30. The SMILES string of the molecule is CC(C)Oc1ccc(CCNC(=O)C2CCN(C(=O)C(C)(C)C)CC2)cc1. The summed E-state index contributed by atoms with van der Waals surface area (Å²) in [4.78, 5) is 26.6. The second-order valence-corrected chi connectivity index (χ2v) is 8.67. The topological polar surface area (TPSA) is 58.6 Å². The van der Waals surface area contributed by atoms with Gasteiger partial charge in [0.2, 0.25) is 11.8 Å². The van der Waals surface area contributed by atoms with E-state index < -0.39 is 0 Å². The summed E-state index contributed by atoms with van der Waals surface area (Å²) >= 11 is 0. The fourth-order valence-corrected chi connectivity index (χ4v) is 3.30. The van der Waals surface area contributed by atoms with Crippen LogP contribution in [0.4, 0.5) is 0 Å². The molecule has 5 heteroatoms. The van der Waals surface area contributed by atoms with Crippen LogP contribution in [0.25, 0.3) is 0 Å². The summed E-state index contributed by atoms with van der Waals surface area (Å²) in [5.41, 5.74) is 0.821. The number of hydrogen-bond acceptors (Lipinski definition) is 3. The molecule has 2 amide bonds. The van der Waals surface area contributed by atoms with E-state index in [1.807, 2.05) is 63.8 Å². The molecule has 0 aliphatic carbocycles. The molecule has 150 valence electrons. The largest absolute Gasteiger partial charge is 0.491 e. The number of nitrogens with zero attached hydrogens (tertiary/aromatic N) is 1. The van der Waals surface area contributed by atoms with Crippen molar-refractivity contribution in [3.05, 3.63) is 29.8 Å². The van der Waals surface area contributed by atoms with E-state index in [1.54, 1.807) is 0 Å². The minimum absolute atomic E-state index is 0.0100. The number of rotatable bonds is 6. The second-order valence-electron chi connectivity index (χ2n) is 8.67. The third-order valence-electron chi connectivity index (χ3n) is 4.80. The number of benzene rings is 1. The molecule has 5 nitrogen and oxygen atoms in total. The van der Waals surface area contributed by atoms with Gasteiger partial charge in [-0.2, -0.15) is 0 Å². The molecule has 0 atom stereocenters. The molecule has 0 radical (unpaired) electrons. The molecule has 0 aromatic heterocycles. The van der Waals surface area contributed by atoms with E-state index >= 15 is 0 Å². The van der Waals surface area contributed by atoms with Gasteiger partial charge in [0.15, 0.2) is 0 Å². The van der Waals surface area contributed by atoms with Crippen LogP contribution in [0, 0.1) is 11.3 Å². The standard InChI is InChI=1S/C22H34N2O3/c1-16(2)27-19-8-6-17(7-9-19)10-13-23-20(25)18-11-14-24(15-12-18)21(26)22(3,4)5/h6-9,16,18H,10-15H2,1-5H3,(H,23,25). The minimum atomic E-state index is -0.356. The average Bonchev–Trinajstić information content (AvgIpc) is 2.61. The minimum Gasteiger partial charge on any atom is -0.491 e. The summed E-state index contributed by atoms with van der Waals surface area (Å²) in [5, 5.41) is 3.05. The van der Waals surface area contributed by atoms with Crippen molar-refractivity contribution in [2.24, 2.45) is 11.3 Å². The van der Waals surface area contributed by atoms with Crippen LogP contribution in [0.15, 0.2) is 24.3 Å². The Kier molecular flexibility index (Phi) is 7.28. The summed E-state index contributed by atoms with van der Waals surface area (Å²) in [7, 11) is 0. The first kappa shape index (κ1) is 21.3. The number of hydrogen-bond donors (Lipinski definition) is 1. The van der Waals surface area contributed by atoms with Crippen molar-refractivity contribution < 1.29 is 14.3 Å². The Labute approximate surface area is 163 Å². The normalized spacial score (nSPS) is 15.7. The number of piperidine rings is 1. The summed E-state index contributed by atoms with van der Waals surface area (Å²) in [6, 6.07) is 8.03. The van der Waals surface area contributed by atoms with Crippen LogP contribution in [0.1, 0.15) is 53.0 Å². The van der Waals surface area contributed by atoms with Gasteiger partial charge in [-0.25, -0.2) is 0 Å². The van der Waals surface area contributed by atoms with E-state index in [-0.39, 0.29) is 29.3 Å². The van der Waals surface area contributed by atoms with E-state index in [4.69, 9.17) is 4.74 Å². The molecule has 1 saturated heterocycles. The van der Waals surface area contributed by atoms with Crippen LogP contribution in [0.3, 0.4) is 0 Å². The van der Waals surface area contributed by atoms with E-state index in [0.717, 1.165) is 25.0 Å². The Hall–Kier alpha value is -2.04. The highest BCUT2D eigenvalue weighted by atomic mass is 16.5. The van der Waals surface area contributed by atoms with Crippen molar-refractivity contribution in [2.45, 2.75) is 60.0 Å². The van der Waals surface area contributed by atoms with Gasteiger partial charge in [-0.05, 0) is 50.8 Å². The van der Waals surface area contributed by atoms with Crippen molar-refractivity contribution in [3.8, 4) is 5.75 Å². The van der Waals surface area contributed by atoms with Crippen molar-refractivity contribution in [1.82, 2.24) is 10.2 Å². The van der Waals surface area contributed by atoms with Crippen LogP contribution in [0.2, 0.25) is 0 Å². The summed E-state index contributed by atoms with van der Waals surface area (Å²) in [5.74, 6) is 1.16. The Morgan fingerprint density at radius 2 is 1.74 bits per heavy atom. The lowest BCUT2D eigenvalue weighted by atomic mass is 9.90. The predicted octanol–water partition coefficient (Wildman–Crippen LogP) is 3.42. The van der Waals surface area contributed by atoms with Crippen LogP contribution >= 0.6 is 0 Å². The van der Waals surface area contributed by atoms with Gasteiger partial charge in [-0.15, -0.1) is 0 Å². The molecule has 1 aromatic rings. The lowest BCUT2D eigenvalue weighted by Crippen LogP contribution is -2.46. The number of amides is 2. The van der Waals surface area contributed by atoms with Gasteiger partial charge in [0.05, 0.1) is 6.10 Å². The van der Waals surface area contributed by atoms with E-state index in [0.29, 0.717) is 19.6 Å². The maximum Gasteiger partial charge on any atom is 0.227 e. The number of carbonyl (C=O) groups excluding carboxylic acids is 2. The lowest BCUT2D eigenvalue weighted by molar-refractivity contribution is -0.142. The summed E-state index contributed by atoms with van der Waals surface area (Å²) in [6.07, 6.45) is 2.46. The predicted molar refractivity (Wildman–Crippen MR) is 108 cm³/mol. The molecule has 1 aliphatic heterocycles. The van der Waals surface area contributed by atoms with Crippen molar-refractivity contribution in [2.75, 3.05) is 19.6 Å². The molecular weight excluding hydrogens is 340 g/mol. The molecule has 2 rings (SSSR count). The first-order valence-electron chi connectivity index (χ1n) is 9.99. The number of nitrogens with one attached hydrogen (secondary N) is 1. The zero-order valence-corrected chi connectivity index (χ0v) is 17.4. The fraction of sp³-hybridized carbons (Fsp3) is 0.636. The summed E-state index contributed by atoms with van der Waals surface area (Å²) in [6.45, 7) is 11.8. The Morgan fingerprint density at radius 3 is 2.26 bits per heavy atom. The van der Waals surface area contributed by atoms with Gasteiger partial charge in [-0.1, -0.05) is 32.9 Å². The Bertz CT molecular complexity index is 624. The Balaban J connectivity index is 1.71. The van der Waals surface area contributed by atoms with Gasteiger partial charge >= 0.3 is 0 Å². The van der Waals surface area contributed by atoms with Crippen molar-refractivity contribution in [1.29, 1.82) is 0 Å². The maximum atomic E-state index is 12.4. The molecule has 1 aromatic carbocycles. The zero-order valence-electron chi connectivity index (χ0n) is 17.4. The first-order chi connectivity index (χ1) is 12.7. The van der Waals surface area contributed by atoms with Crippen LogP contribution in [0.5, 0.6) is 5.75 Å². The van der Waals surface area contributed by atoms with Crippen molar-refractivity contribution in [3.63, 3.8) is 0 Å². The van der Waals surface area contributed by atoms with E-state index in [1.165, 1.54) is 5.56 Å². The first-order valence-corrected chi connectivity index (χ1v) is 9.99. The van der Waals surface area contributed by atoms with Crippen LogP contribution in [-0.2, 0) is 16.0 Å². The smallest absolute Gasteiger partial charge is 0.227 e. The van der Waals surface area contributed by atoms with Gasteiger partial charge in [0.25, 0.3) is 0 Å². The molecule has 0 spiro atoms. The second kappa shape index (κ2) is 9.25. The third kappa shape index (κ3) is 6.56. The zero-order chi connectivity index (χ0) is 20.0. The molecule has 1 heterocycles. The van der Waals surface area contributed by atoms with Crippen LogP contribution in [-0.4, -0.2) is 42.5 Å². The molecule has 1 fully saturated rings. The monoisotopic (exact) mass is 374 g/mol. The lowest BCUT2D eigenvalue weighted by Gasteiger charge is -2.35. The van der Waals surface area contributed by atoms with E-state index in [2.05, 4.69) is 5.32 Å². The van der Waals surface area contributed by atoms with Gasteiger partial charge in [0, 0.05) is 31.0 Å². The van der Waals surface area contributed by atoms with Crippen molar-refractivity contribution >= 4 is 11.8 Å². The Morgan fingerprint density at radius 1 is 1.15 bits per heavy atom. The molecule has 0 bridgehead atoms. The quantitative estimate of drug-likeness (QED) is 0.830. The highest BCUT2D eigenvalue weighted by molar-refractivity contribution is 5.82. The van der Waals surface area contributed by atoms with Crippen LogP contribution < -0.4 is 10.1 Å². The highest BCUT2D eigenvalue weighted by Crippen LogP contribution is 2.23. The van der Waals surface area contributed by atoms with E-state index in [9.17, 15) is 9.59 Å². The third-order valence-corrected chi connectivity index (χ3v) is 4.80. The molecular formula is C22H34N2O3. The maximum absolute atomic E-state index is 12.4. The number of carbonyl (C=O) groups is 2. The average molecular weight is 375 g/mol. The molecule has 0 saturated carbocycles. The molecule has 0 unspecified atom stereocenters. The van der Waals surface area contributed by atoms with Gasteiger partial charge in [0.1, 0.15) is 5.75 Å². The highest BCUT2D eigenvalue weighted by Gasteiger charge is 2.32. The van der Waals surface area contributed by atoms with Gasteiger partial charge < -0.3 is 15.0 Å². The molecule has 1 N–H and O–H groups in total. The number of ether oxygens (including phenoxy) is 1.